The highest BCUT2D eigenvalue weighted by Gasteiger charge is 2.20. The van der Waals surface area contributed by atoms with Crippen LogP contribution in [0.4, 0.5) is 0 Å². The number of hydrogen-bond donors (Lipinski definition) is 2. The van der Waals surface area contributed by atoms with Crippen LogP contribution < -0.4 is 10.6 Å². The monoisotopic (exact) mass is 468 g/mol. The van der Waals surface area contributed by atoms with Crippen LogP contribution in [0.25, 0.3) is 11.1 Å². The molecular weight excluding hydrogens is 436 g/mol. The number of piperidine rings is 1. The lowest BCUT2D eigenvalue weighted by Gasteiger charge is -2.25. The SMILES string of the molecule is Cc1cc(-c2ccncc2C2CCCNC2)ccc1Cn1cc(C(=O)NC(C)(C)C)nn1.Cl. The second-order valence-corrected chi connectivity index (χ2v) is 9.65. The molecule has 1 amide bonds. The molecule has 1 aliphatic rings. The first-order chi connectivity index (χ1) is 15.3. The summed E-state index contributed by atoms with van der Waals surface area (Å²) in [4.78, 5) is 16.7. The highest BCUT2D eigenvalue weighted by atomic mass is 35.5. The van der Waals surface area contributed by atoms with Gasteiger partial charge in [-0.15, -0.1) is 17.5 Å². The number of nitrogens with zero attached hydrogens (tertiary/aromatic N) is 4. The van der Waals surface area contributed by atoms with Gasteiger partial charge in [0.05, 0.1) is 12.7 Å². The zero-order valence-electron chi connectivity index (χ0n) is 19.8. The summed E-state index contributed by atoms with van der Waals surface area (Å²) in [5.74, 6) is 0.290. The number of pyridine rings is 1. The summed E-state index contributed by atoms with van der Waals surface area (Å²) in [6.07, 6.45) is 7.99. The Morgan fingerprint density at radius 2 is 2.09 bits per heavy atom. The molecule has 1 aliphatic heterocycles. The largest absolute Gasteiger partial charge is 0.346 e. The smallest absolute Gasteiger partial charge is 0.273 e. The Kier molecular flexibility index (Phi) is 7.87. The fraction of sp³-hybridized carbons (Fsp3) is 0.440. The molecule has 1 aromatic carbocycles. The van der Waals surface area contributed by atoms with Crippen molar-refractivity contribution >= 4 is 18.3 Å². The van der Waals surface area contributed by atoms with Crippen molar-refractivity contribution in [1.29, 1.82) is 0 Å². The van der Waals surface area contributed by atoms with E-state index in [-0.39, 0.29) is 23.9 Å². The van der Waals surface area contributed by atoms with E-state index in [1.807, 2.05) is 33.2 Å². The van der Waals surface area contributed by atoms with E-state index in [9.17, 15) is 4.79 Å². The van der Waals surface area contributed by atoms with Gasteiger partial charge in [0.25, 0.3) is 5.91 Å². The highest BCUT2D eigenvalue weighted by Crippen LogP contribution is 2.33. The summed E-state index contributed by atoms with van der Waals surface area (Å²) < 4.78 is 1.71. The van der Waals surface area contributed by atoms with E-state index >= 15 is 0 Å². The molecule has 1 fully saturated rings. The minimum Gasteiger partial charge on any atom is -0.346 e. The molecule has 1 atom stereocenters. The lowest BCUT2D eigenvalue weighted by molar-refractivity contribution is 0.0914. The molecule has 2 aromatic heterocycles. The van der Waals surface area contributed by atoms with Crippen molar-refractivity contribution in [1.82, 2.24) is 30.6 Å². The third-order valence-corrected chi connectivity index (χ3v) is 5.83. The van der Waals surface area contributed by atoms with Gasteiger partial charge in [0.15, 0.2) is 5.69 Å². The van der Waals surface area contributed by atoms with Gasteiger partial charge in [-0.05, 0) is 86.9 Å². The highest BCUT2D eigenvalue weighted by molar-refractivity contribution is 5.92. The molecule has 33 heavy (non-hydrogen) atoms. The van der Waals surface area contributed by atoms with Crippen LogP contribution >= 0.6 is 12.4 Å². The van der Waals surface area contributed by atoms with Crippen LogP contribution in [-0.2, 0) is 6.54 Å². The summed E-state index contributed by atoms with van der Waals surface area (Å²) in [6, 6.07) is 8.66. The normalized spacial score (nSPS) is 16.2. The van der Waals surface area contributed by atoms with Gasteiger partial charge in [-0.2, -0.15) is 0 Å². The van der Waals surface area contributed by atoms with Crippen LogP contribution in [0, 0.1) is 6.92 Å². The lowest BCUT2D eigenvalue weighted by atomic mass is 9.87. The molecule has 0 saturated carbocycles. The molecule has 0 radical (unpaired) electrons. The van der Waals surface area contributed by atoms with Crippen LogP contribution in [0.1, 0.15) is 66.7 Å². The number of halogens is 1. The van der Waals surface area contributed by atoms with E-state index in [4.69, 9.17) is 0 Å². The van der Waals surface area contributed by atoms with Crippen molar-refractivity contribution in [2.45, 2.75) is 58.5 Å². The maximum atomic E-state index is 12.3. The van der Waals surface area contributed by atoms with Crippen LogP contribution in [0.15, 0.2) is 42.9 Å². The van der Waals surface area contributed by atoms with Gasteiger partial charge in [-0.3, -0.25) is 9.78 Å². The van der Waals surface area contributed by atoms with Crippen LogP contribution in [0.5, 0.6) is 0 Å². The molecule has 2 N–H and O–H groups in total. The molecular formula is C25H33ClN6O. The molecule has 4 rings (SSSR count). The van der Waals surface area contributed by atoms with E-state index in [1.54, 1.807) is 10.9 Å². The van der Waals surface area contributed by atoms with Gasteiger partial charge in [0, 0.05) is 24.5 Å². The van der Waals surface area contributed by atoms with E-state index in [0.717, 1.165) is 18.7 Å². The van der Waals surface area contributed by atoms with E-state index < -0.39 is 0 Å². The van der Waals surface area contributed by atoms with Crippen molar-refractivity contribution in [3.8, 4) is 11.1 Å². The van der Waals surface area contributed by atoms with Crippen molar-refractivity contribution in [3.05, 3.63) is 65.2 Å². The van der Waals surface area contributed by atoms with Crippen molar-refractivity contribution in [2.24, 2.45) is 0 Å². The quantitative estimate of drug-likeness (QED) is 0.588. The molecule has 3 heterocycles. The van der Waals surface area contributed by atoms with E-state index in [0.29, 0.717) is 18.2 Å². The van der Waals surface area contributed by atoms with Crippen LogP contribution in [0.2, 0.25) is 0 Å². The number of hydrogen-bond acceptors (Lipinski definition) is 5. The number of rotatable bonds is 5. The zero-order valence-corrected chi connectivity index (χ0v) is 20.6. The summed E-state index contributed by atoms with van der Waals surface area (Å²) in [5, 5.41) is 14.6. The summed E-state index contributed by atoms with van der Waals surface area (Å²) in [7, 11) is 0. The second-order valence-electron chi connectivity index (χ2n) is 9.65. The van der Waals surface area contributed by atoms with Crippen molar-refractivity contribution < 1.29 is 4.79 Å². The predicted molar refractivity (Wildman–Crippen MR) is 133 cm³/mol. The summed E-state index contributed by atoms with van der Waals surface area (Å²) in [6.45, 7) is 10.6. The maximum Gasteiger partial charge on any atom is 0.273 e. The van der Waals surface area contributed by atoms with Crippen molar-refractivity contribution in [2.75, 3.05) is 13.1 Å². The first-order valence-electron chi connectivity index (χ1n) is 11.3. The minimum atomic E-state index is -0.313. The zero-order chi connectivity index (χ0) is 22.7. The number of carbonyl (C=O) groups excluding carboxylic acids is 1. The fourth-order valence-corrected chi connectivity index (χ4v) is 4.21. The molecule has 176 valence electrons. The van der Waals surface area contributed by atoms with Crippen LogP contribution in [-0.4, -0.2) is 44.5 Å². The molecule has 0 spiro atoms. The first kappa shape index (κ1) is 24.9. The number of nitrogens with one attached hydrogen (secondary N) is 2. The Morgan fingerprint density at radius 3 is 2.79 bits per heavy atom. The molecule has 7 nitrogen and oxygen atoms in total. The maximum absolute atomic E-state index is 12.3. The average Bonchev–Trinajstić information content (AvgIpc) is 3.23. The second kappa shape index (κ2) is 10.4. The molecule has 1 unspecified atom stereocenters. The number of aromatic nitrogens is 4. The number of amides is 1. The van der Waals surface area contributed by atoms with Gasteiger partial charge in [-0.25, -0.2) is 4.68 Å². The van der Waals surface area contributed by atoms with Gasteiger partial charge in [0.1, 0.15) is 0 Å². The van der Waals surface area contributed by atoms with E-state index in [1.165, 1.54) is 35.1 Å². The minimum absolute atomic E-state index is 0. The molecule has 0 aliphatic carbocycles. The summed E-state index contributed by atoms with van der Waals surface area (Å²) in [5.41, 5.74) is 6.13. The third kappa shape index (κ3) is 6.18. The Bertz CT molecular complexity index is 1100. The van der Waals surface area contributed by atoms with Gasteiger partial charge in [-0.1, -0.05) is 23.4 Å². The lowest BCUT2D eigenvalue weighted by Crippen LogP contribution is -2.40. The number of carbonyl (C=O) groups is 1. The standard InChI is InChI=1S/C25H32N6O.ClH/c1-17-12-18(21-9-11-27-14-22(21)19-6-5-10-26-13-19)7-8-20(17)15-31-16-23(29-30-31)24(32)28-25(2,3)4;/h7-9,11-12,14,16,19,26H,5-6,10,13,15H2,1-4H3,(H,28,32);1H. The Balaban J connectivity index is 0.00000306. The molecule has 0 bridgehead atoms. The molecule has 8 heteroatoms. The van der Waals surface area contributed by atoms with Gasteiger partial charge >= 0.3 is 0 Å². The summed E-state index contributed by atoms with van der Waals surface area (Å²) >= 11 is 0. The Morgan fingerprint density at radius 1 is 1.27 bits per heavy atom. The molecule has 1 saturated heterocycles. The average molecular weight is 469 g/mol. The van der Waals surface area contributed by atoms with Crippen molar-refractivity contribution in [3.63, 3.8) is 0 Å². The topological polar surface area (TPSA) is 84.7 Å². The van der Waals surface area contributed by atoms with Crippen LogP contribution in [0.3, 0.4) is 0 Å². The number of aryl methyl sites for hydroxylation is 1. The Labute approximate surface area is 201 Å². The Hall–Kier alpha value is -2.77. The first-order valence-corrected chi connectivity index (χ1v) is 11.3. The number of benzene rings is 1. The third-order valence-electron chi connectivity index (χ3n) is 5.83. The van der Waals surface area contributed by atoms with E-state index in [2.05, 4.69) is 57.1 Å². The van der Waals surface area contributed by atoms with Gasteiger partial charge in [0.2, 0.25) is 0 Å². The fourth-order valence-electron chi connectivity index (χ4n) is 4.21. The van der Waals surface area contributed by atoms with Gasteiger partial charge < -0.3 is 10.6 Å². The predicted octanol–water partition coefficient (Wildman–Crippen LogP) is 4.11. The molecule has 3 aromatic rings.